The van der Waals surface area contributed by atoms with Crippen molar-refractivity contribution in [2.45, 2.75) is 6.42 Å². The molecule has 0 aliphatic heterocycles. The van der Waals surface area contributed by atoms with Crippen molar-refractivity contribution < 1.29 is 9.21 Å². The quantitative estimate of drug-likeness (QED) is 0.818. The fourth-order valence-corrected chi connectivity index (χ4v) is 1.72. The second kappa shape index (κ2) is 4.91. The number of carbonyl (C=O) groups is 1. The van der Waals surface area contributed by atoms with E-state index in [4.69, 9.17) is 4.42 Å². The monoisotopic (exact) mass is 246 g/mol. The first-order valence-electron chi connectivity index (χ1n) is 5.58. The summed E-state index contributed by atoms with van der Waals surface area (Å²) >= 11 is 0. The third kappa shape index (κ3) is 2.34. The molecular weight excluding hydrogens is 232 g/mol. The molecule has 2 aromatic rings. The van der Waals surface area contributed by atoms with Crippen LogP contribution in [0, 0.1) is 0 Å². The van der Waals surface area contributed by atoms with Crippen molar-refractivity contribution >= 4 is 17.0 Å². The van der Waals surface area contributed by atoms with Gasteiger partial charge in [-0.3, -0.25) is 9.36 Å². The smallest absolute Gasteiger partial charge is 0.408 e. The Morgan fingerprint density at radius 3 is 3.06 bits per heavy atom. The van der Waals surface area contributed by atoms with Gasteiger partial charge in [0, 0.05) is 13.6 Å². The Hall–Kier alpha value is -2.30. The molecule has 18 heavy (non-hydrogen) atoms. The fourth-order valence-electron chi connectivity index (χ4n) is 1.72. The molecule has 1 heterocycles. The van der Waals surface area contributed by atoms with Crippen LogP contribution < -0.4 is 11.1 Å². The first-order chi connectivity index (χ1) is 8.61. The van der Waals surface area contributed by atoms with Crippen LogP contribution in [-0.4, -0.2) is 17.0 Å². The number of fused-ring (bicyclic) bond motifs is 1. The van der Waals surface area contributed by atoms with Gasteiger partial charge in [-0.15, -0.1) is 6.58 Å². The molecule has 0 spiro atoms. The van der Waals surface area contributed by atoms with Crippen LogP contribution in [0.25, 0.3) is 11.1 Å². The Labute approximate surface area is 104 Å². The maximum atomic E-state index is 11.5. The van der Waals surface area contributed by atoms with E-state index in [1.54, 1.807) is 31.3 Å². The lowest BCUT2D eigenvalue weighted by molar-refractivity contribution is -0.120. The maximum Gasteiger partial charge on any atom is 0.419 e. The van der Waals surface area contributed by atoms with Crippen LogP contribution in [0.1, 0.15) is 5.56 Å². The SMILES string of the molecule is C=CCNC(=O)Cc1ccc2oc(=O)n(C)c2c1. The number of nitrogens with zero attached hydrogens (tertiary/aromatic N) is 1. The minimum atomic E-state index is -0.404. The van der Waals surface area contributed by atoms with Crippen LogP contribution in [0.15, 0.2) is 40.1 Å². The second-order valence-corrected chi connectivity index (χ2v) is 4.00. The van der Waals surface area contributed by atoms with Gasteiger partial charge >= 0.3 is 5.76 Å². The van der Waals surface area contributed by atoms with Gasteiger partial charge in [-0.25, -0.2) is 4.79 Å². The van der Waals surface area contributed by atoms with Crippen molar-refractivity contribution in [1.82, 2.24) is 9.88 Å². The Balaban J connectivity index is 2.24. The number of aryl methyl sites for hydroxylation is 1. The number of amides is 1. The predicted octanol–water partition coefficient (Wildman–Crippen LogP) is 0.976. The van der Waals surface area contributed by atoms with Gasteiger partial charge in [-0.2, -0.15) is 0 Å². The maximum absolute atomic E-state index is 11.5. The highest BCUT2D eigenvalue weighted by molar-refractivity contribution is 5.81. The summed E-state index contributed by atoms with van der Waals surface area (Å²) in [6, 6.07) is 5.26. The number of nitrogens with one attached hydrogen (secondary N) is 1. The van der Waals surface area contributed by atoms with Gasteiger partial charge in [0.15, 0.2) is 5.58 Å². The molecule has 0 aliphatic rings. The zero-order chi connectivity index (χ0) is 13.1. The molecule has 0 radical (unpaired) electrons. The van der Waals surface area contributed by atoms with Gasteiger partial charge < -0.3 is 9.73 Å². The Kier molecular flexibility index (Phi) is 3.32. The van der Waals surface area contributed by atoms with E-state index in [0.29, 0.717) is 17.6 Å². The average molecular weight is 246 g/mol. The van der Waals surface area contributed by atoms with Crippen LogP contribution in [0.4, 0.5) is 0 Å². The second-order valence-electron chi connectivity index (χ2n) is 4.00. The normalized spacial score (nSPS) is 10.5. The van der Waals surface area contributed by atoms with E-state index >= 15 is 0 Å². The predicted molar refractivity (Wildman–Crippen MR) is 68.4 cm³/mol. The summed E-state index contributed by atoms with van der Waals surface area (Å²) in [4.78, 5) is 22.9. The molecule has 1 aromatic heterocycles. The summed E-state index contributed by atoms with van der Waals surface area (Å²) in [6.07, 6.45) is 1.89. The van der Waals surface area contributed by atoms with Crippen LogP contribution in [0.5, 0.6) is 0 Å². The summed E-state index contributed by atoms with van der Waals surface area (Å²) in [6.45, 7) is 3.98. The summed E-state index contributed by atoms with van der Waals surface area (Å²) in [7, 11) is 1.63. The van der Waals surface area contributed by atoms with Crippen molar-refractivity contribution in [1.29, 1.82) is 0 Å². The highest BCUT2D eigenvalue weighted by Gasteiger charge is 2.08. The number of oxazole rings is 1. The molecule has 5 nitrogen and oxygen atoms in total. The van der Waals surface area contributed by atoms with Crippen LogP contribution in [0.3, 0.4) is 0 Å². The standard InChI is InChI=1S/C13H14N2O3/c1-3-6-14-12(16)8-9-4-5-11-10(7-9)15(2)13(17)18-11/h3-5,7H,1,6,8H2,2H3,(H,14,16). The summed E-state index contributed by atoms with van der Waals surface area (Å²) in [5.74, 6) is -0.485. The summed E-state index contributed by atoms with van der Waals surface area (Å²) in [5, 5.41) is 2.70. The van der Waals surface area contributed by atoms with Gasteiger partial charge in [-0.05, 0) is 17.7 Å². The van der Waals surface area contributed by atoms with Gasteiger partial charge in [-0.1, -0.05) is 12.1 Å². The van der Waals surface area contributed by atoms with Crippen molar-refractivity contribution in [3.8, 4) is 0 Å². The number of hydrogen-bond acceptors (Lipinski definition) is 3. The molecular formula is C13H14N2O3. The Bertz CT molecular complexity index is 652. The van der Waals surface area contributed by atoms with Gasteiger partial charge in [0.25, 0.3) is 0 Å². The molecule has 0 fully saturated rings. The zero-order valence-electron chi connectivity index (χ0n) is 10.1. The van der Waals surface area contributed by atoms with E-state index in [9.17, 15) is 9.59 Å². The topological polar surface area (TPSA) is 64.2 Å². The number of rotatable bonds is 4. The molecule has 0 saturated carbocycles. The Morgan fingerprint density at radius 1 is 1.56 bits per heavy atom. The van der Waals surface area contributed by atoms with Crippen LogP contribution >= 0.6 is 0 Å². The minimum Gasteiger partial charge on any atom is -0.408 e. The molecule has 0 unspecified atom stereocenters. The molecule has 0 aliphatic carbocycles. The van der Waals surface area contributed by atoms with Gasteiger partial charge in [0.2, 0.25) is 5.91 Å². The van der Waals surface area contributed by atoms with Gasteiger partial charge in [0.1, 0.15) is 0 Å². The zero-order valence-corrected chi connectivity index (χ0v) is 10.1. The molecule has 2 rings (SSSR count). The molecule has 0 atom stereocenters. The van der Waals surface area contributed by atoms with E-state index in [-0.39, 0.29) is 12.3 Å². The van der Waals surface area contributed by atoms with Crippen molar-refractivity contribution in [2.75, 3.05) is 6.54 Å². The van der Waals surface area contributed by atoms with E-state index in [1.807, 2.05) is 0 Å². The molecule has 0 saturated heterocycles. The van der Waals surface area contributed by atoms with E-state index in [2.05, 4.69) is 11.9 Å². The first kappa shape index (κ1) is 12.2. The fraction of sp³-hybridized carbons (Fsp3) is 0.231. The third-order valence-electron chi connectivity index (χ3n) is 2.66. The van der Waals surface area contributed by atoms with E-state index < -0.39 is 5.76 Å². The number of aromatic nitrogens is 1. The lowest BCUT2D eigenvalue weighted by atomic mass is 10.1. The molecule has 94 valence electrons. The molecule has 1 amide bonds. The largest absolute Gasteiger partial charge is 0.419 e. The van der Waals surface area contributed by atoms with Crippen molar-refractivity contribution in [3.63, 3.8) is 0 Å². The van der Waals surface area contributed by atoms with Crippen molar-refractivity contribution in [2.24, 2.45) is 7.05 Å². The van der Waals surface area contributed by atoms with Crippen LogP contribution in [0.2, 0.25) is 0 Å². The van der Waals surface area contributed by atoms with E-state index in [1.165, 1.54) is 4.57 Å². The van der Waals surface area contributed by atoms with E-state index in [0.717, 1.165) is 5.56 Å². The molecule has 5 heteroatoms. The highest BCUT2D eigenvalue weighted by atomic mass is 16.4. The lowest BCUT2D eigenvalue weighted by Gasteiger charge is -2.02. The minimum absolute atomic E-state index is 0.0808. The van der Waals surface area contributed by atoms with Gasteiger partial charge in [0.05, 0.1) is 11.9 Å². The molecule has 1 aromatic carbocycles. The van der Waals surface area contributed by atoms with Crippen LogP contribution in [-0.2, 0) is 18.3 Å². The number of benzene rings is 1. The summed E-state index contributed by atoms with van der Waals surface area (Å²) in [5.41, 5.74) is 2.05. The molecule has 0 bridgehead atoms. The number of hydrogen-bond donors (Lipinski definition) is 1. The lowest BCUT2D eigenvalue weighted by Crippen LogP contribution is -2.24. The summed E-state index contributed by atoms with van der Waals surface area (Å²) < 4.78 is 6.43. The number of carbonyl (C=O) groups excluding carboxylic acids is 1. The molecule has 1 N–H and O–H groups in total. The first-order valence-corrected chi connectivity index (χ1v) is 5.58. The highest BCUT2D eigenvalue weighted by Crippen LogP contribution is 2.14. The third-order valence-corrected chi connectivity index (χ3v) is 2.66. The average Bonchev–Trinajstić information content (AvgIpc) is 2.63. The van der Waals surface area contributed by atoms with Crippen molar-refractivity contribution in [3.05, 3.63) is 47.0 Å². The Morgan fingerprint density at radius 2 is 2.33 bits per heavy atom.